The van der Waals surface area contributed by atoms with Crippen molar-refractivity contribution >= 4 is 15.9 Å². The first-order valence-corrected chi connectivity index (χ1v) is 10.6. The Bertz CT molecular complexity index is 986. The van der Waals surface area contributed by atoms with Gasteiger partial charge in [-0.3, -0.25) is 4.79 Å². The number of hydrogen-bond donors (Lipinski definition) is 3. The van der Waals surface area contributed by atoms with Gasteiger partial charge in [-0.15, -0.1) is 0 Å². The van der Waals surface area contributed by atoms with Crippen LogP contribution in [-0.4, -0.2) is 54.3 Å². The SMILES string of the molecule is O=C(C[C@H]1C=C[C@@H](NS(=O)(=O)c2ccc(F)cc2)[C@@H](CO)O1)NCc1ccncn1. The van der Waals surface area contributed by atoms with Crippen LogP contribution in [-0.2, 0) is 26.1 Å². The predicted octanol–water partition coefficient (Wildman–Crippen LogP) is 0.285. The third-order valence-electron chi connectivity index (χ3n) is 4.37. The van der Waals surface area contributed by atoms with E-state index in [0.29, 0.717) is 5.69 Å². The fourth-order valence-corrected chi connectivity index (χ4v) is 4.06. The van der Waals surface area contributed by atoms with E-state index >= 15 is 0 Å². The summed E-state index contributed by atoms with van der Waals surface area (Å²) in [4.78, 5) is 19.8. The highest BCUT2D eigenvalue weighted by Crippen LogP contribution is 2.18. The van der Waals surface area contributed by atoms with E-state index < -0.39 is 40.7 Å². The minimum atomic E-state index is -3.95. The number of aromatic nitrogens is 2. The zero-order valence-corrected chi connectivity index (χ0v) is 16.6. The second-order valence-electron chi connectivity index (χ2n) is 6.56. The van der Waals surface area contributed by atoms with Crippen LogP contribution in [0.2, 0.25) is 0 Å². The van der Waals surface area contributed by atoms with Crippen molar-refractivity contribution in [1.82, 2.24) is 20.0 Å². The Labute approximate surface area is 173 Å². The van der Waals surface area contributed by atoms with Gasteiger partial charge in [0, 0.05) is 6.20 Å². The number of hydrogen-bond acceptors (Lipinski definition) is 7. The summed E-state index contributed by atoms with van der Waals surface area (Å²) < 4.78 is 46.1. The zero-order chi connectivity index (χ0) is 21.6. The molecule has 2 heterocycles. The van der Waals surface area contributed by atoms with Gasteiger partial charge in [-0.1, -0.05) is 12.2 Å². The number of carbonyl (C=O) groups is 1. The van der Waals surface area contributed by atoms with Crippen molar-refractivity contribution < 1.29 is 27.4 Å². The van der Waals surface area contributed by atoms with E-state index in [-0.39, 0.29) is 23.8 Å². The second kappa shape index (κ2) is 9.85. The number of halogens is 1. The van der Waals surface area contributed by atoms with E-state index in [9.17, 15) is 22.7 Å². The fraction of sp³-hybridized carbons (Fsp3) is 0.316. The van der Waals surface area contributed by atoms with Crippen molar-refractivity contribution in [1.29, 1.82) is 0 Å². The van der Waals surface area contributed by atoms with Gasteiger partial charge in [-0.2, -0.15) is 0 Å². The van der Waals surface area contributed by atoms with E-state index in [2.05, 4.69) is 20.0 Å². The molecule has 160 valence electrons. The molecule has 9 nitrogen and oxygen atoms in total. The highest BCUT2D eigenvalue weighted by atomic mass is 32.2. The van der Waals surface area contributed by atoms with Crippen LogP contribution in [0.3, 0.4) is 0 Å². The van der Waals surface area contributed by atoms with Crippen LogP contribution >= 0.6 is 0 Å². The Kier molecular flexibility index (Phi) is 7.21. The van der Waals surface area contributed by atoms with Gasteiger partial charge in [0.15, 0.2) is 0 Å². The number of amides is 1. The lowest BCUT2D eigenvalue weighted by molar-refractivity contribution is -0.125. The Hall–Kier alpha value is -2.73. The number of nitrogens with one attached hydrogen (secondary N) is 2. The van der Waals surface area contributed by atoms with Gasteiger partial charge in [0.25, 0.3) is 0 Å². The topological polar surface area (TPSA) is 131 Å². The van der Waals surface area contributed by atoms with Gasteiger partial charge in [-0.25, -0.2) is 27.5 Å². The Balaban J connectivity index is 1.58. The lowest BCUT2D eigenvalue weighted by Gasteiger charge is -2.31. The minimum absolute atomic E-state index is 0.00445. The number of aliphatic hydroxyl groups excluding tert-OH is 1. The summed E-state index contributed by atoms with van der Waals surface area (Å²) >= 11 is 0. The number of benzene rings is 1. The molecule has 0 saturated heterocycles. The number of sulfonamides is 1. The summed E-state index contributed by atoms with van der Waals surface area (Å²) in [5.41, 5.74) is 0.655. The molecule has 0 fully saturated rings. The monoisotopic (exact) mass is 436 g/mol. The van der Waals surface area contributed by atoms with Gasteiger partial charge >= 0.3 is 0 Å². The summed E-state index contributed by atoms with van der Waals surface area (Å²) in [7, 11) is -3.95. The van der Waals surface area contributed by atoms with E-state index in [1.54, 1.807) is 18.3 Å². The Morgan fingerprint density at radius 3 is 2.63 bits per heavy atom. The first-order valence-electron chi connectivity index (χ1n) is 9.11. The molecule has 0 bridgehead atoms. The molecule has 3 N–H and O–H groups in total. The molecule has 0 saturated carbocycles. The first kappa shape index (κ1) is 22.0. The van der Waals surface area contributed by atoms with Crippen molar-refractivity contribution in [2.24, 2.45) is 0 Å². The average molecular weight is 436 g/mol. The highest BCUT2D eigenvalue weighted by Gasteiger charge is 2.31. The molecular formula is C19H21FN4O5S. The molecule has 3 atom stereocenters. The van der Waals surface area contributed by atoms with Crippen LogP contribution in [0.25, 0.3) is 0 Å². The quantitative estimate of drug-likeness (QED) is 0.507. The second-order valence-corrected chi connectivity index (χ2v) is 8.28. The van der Waals surface area contributed by atoms with E-state index in [1.807, 2.05) is 0 Å². The third kappa shape index (κ3) is 5.89. The number of aliphatic hydroxyl groups is 1. The third-order valence-corrected chi connectivity index (χ3v) is 5.85. The molecule has 0 spiro atoms. The number of ether oxygens (including phenoxy) is 1. The summed E-state index contributed by atoms with van der Waals surface area (Å²) in [5, 5.41) is 12.3. The van der Waals surface area contributed by atoms with Crippen molar-refractivity contribution in [3.63, 3.8) is 0 Å². The van der Waals surface area contributed by atoms with Crippen LogP contribution in [0.1, 0.15) is 12.1 Å². The van der Waals surface area contributed by atoms with Crippen molar-refractivity contribution in [2.45, 2.75) is 36.1 Å². The summed E-state index contributed by atoms with van der Waals surface area (Å²) in [5.74, 6) is -0.839. The number of nitrogens with zero attached hydrogens (tertiary/aromatic N) is 2. The maximum Gasteiger partial charge on any atom is 0.241 e. The van der Waals surface area contributed by atoms with Crippen LogP contribution in [0, 0.1) is 5.82 Å². The van der Waals surface area contributed by atoms with E-state index in [0.717, 1.165) is 24.3 Å². The Morgan fingerprint density at radius 2 is 1.97 bits per heavy atom. The predicted molar refractivity (Wildman–Crippen MR) is 104 cm³/mol. The molecule has 1 aliphatic heterocycles. The van der Waals surface area contributed by atoms with Crippen LogP contribution in [0.4, 0.5) is 4.39 Å². The molecule has 0 aliphatic carbocycles. The lowest BCUT2D eigenvalue weighted by Crippen LogP contribution is -2.49. The first-order chi connectivity index (χ1) is 14.4. The summed E-state index contributed by atoms with van der Waals surface area (Å²) in [6.45, 7) is -0.221. The molecule has 3 rings (SSSR count). The molecule has 1 aromatic carbocycles. The van der Waals surface area contributed by atoms with Crippen LogP contribution in [0.15, 0.2) is 59.9 Å². The van der Waals surface area contributed by atoms with Gasteiger partial charge in [0.1, 0.15) is 18.2 Å². The summed E-state index contributed by atoms with van der Waals surface area (Å²) in [6.07, 6.45) is 4.54. The molecule has 0 radical (unpaired) electrons. The zero-order valence-electron chi connectivity index (χ0n) is 15.8. The van der Waals surface area contributed by atoms with Crippen molar-refractivity contribution in [2.75, 3.05) is 6.61 Å². The standard InChI is InChI=1S/C19H21FN4O5S/c20-13-1-4-16(5-2-13)30(27,28)24-17-6-3-15(29-18(17)11-25)9-19(26)22-10-14-7-8-21-12-23-14/h1-8,12,15,17-18,24-25H,9-11H2,(H,22,26)/t15-,17-,18-/m1/s1. The fourth-order valence-electron chi connectivity index (χ4n) is 2.84. The lowest BCUT2D eigenvalue weighted by atomic mass is 10.1. The van der Waals surface area contributed by atoms with Crippen molar-refractivity contribution in [3.05, 3.63) is 66.5 Å². The smallest absolute Gasteiger partial charge is 0.241 e. The molecule has 1 aromatic heterocycles. The number of carbonyl (C=O) groups excluding carboxylic acids is 1. The highest BCUT2D eigenvalue weighted by molar-refractivity contribution is 7.89. The van der Waals surface area contributed by atoms with Crippen LogP contribution < -0.4 is 10.0 Å². The molecule has 2 aromatic rings. The van der Waals surface area contributed by atoms with Gasteiger partial charge in [-0.05, 0) is 30.3 Å². The largest absolute Gasteiger partial charge is 0.394 e. The molecule has 0 unspecified atom stereocenters. The van der Waals surface area contributed by atoms with Gasteiger partial charge in [0.2, 0.25) is 15.9 Å². The number of rotatable bonds is 8. The normalized spacial score (nSPS) is 21.3. The molecule has 1 amide bonds. The minimum Gasteiger partial charge on any atom is -0.394 e. The summed E-state index contributed by atoms with van der Waals surface area (Å²) in [6, 6.07) is 5.21. The van der Waals surface area contributed by atoms with Crippen LogP contribution in [0.5, 0.6) is 0 Å². The Morgan fingerprint density at radius 1 is 1.20 bits per heavy atom. The molecular weight excluding hydrogens is 415 g/mol. The maximum atomic E-state index is 13.0. The van der Waals surface area contributed by atoms with Gasteiger partial charge < -0.3 is 15.2 Å². The molecule has 1 aliphatic rings. The van der Waals surface area contributed by atoms with E-state index in [1.165, 1.54) is 12.4 Å². The van der Waals surface area contributed by atoms with E-state index in [4.69, 9.17) is 4.74 Å². The van der Waals surface area contributed by atoms with Gasteiger partial charge in [0.05, 0.1) is 42.3 Å². The van der Waals surface area contributed by atoms with Crippen molar-refractivity contribution in [3.8, 4) is 0 Å². The molecule has 30 heavy (non-hydrogen) atoms. The molecule has 11 heteroatoms. The average Bonchev–Trinajstić information content (AvgIpc) is 2.74. The maximum absolute atomic E-state index is 13.0.